The minimum atomic E-state index is -0.399. The number of benzene rings is 1. The summed E-state index contributed by atoms with van der Waals surface area (Å²) in [5, 5.41) is 3.70. The summed E-state index contributed by atoms with van der Waals surface area (Å²) >= 11 is 7.20. The first-order valence-electron chi connectivity index (χ1n) is 9.36. The quantitative estimate of drug-likeness (QED) is 0.681. The molecule has 1 aromatic carbocycles. The Bertz CT molecular complexity index is 1100. The molecule has 0 radical (unpaired) electrons. The lowest BCUT2D eigenvalue weighted by atomic mass is 10.1. The van der Waals surface area contributed by atoms with Crippen molar-refractivity contribution in [1.29, 1.82) is 0 Å². The molecule has 5 rings (SSSR count). The molecule has 1 N–H and O–H groups in total. The second-order valence-corrected chi connectivity index (χ2v) is 8.44. The Labute approximate surface area is 174 Å². The van der Waals surface area contributed by atoms with Gasteiger partial charge in [0.15, 0.2) is 10.8 Å². The van der Waals surface area contributed by atoms with Crippen molar-refractivity contribution < 1.29 is 13.9 Å². The van der Waals surface area contributed by atoms with Crippen LogP contribution in [0.1, 0.15) is 28.2 Å². The fourth-order valence-electron chi connectivity index (χ4n) is 3.79. The van der Waals surface area contributed by atoms with Gasteiger partial charge in [0.1, 0.15) is 22.5 Å². The Kier molecular flexibility index (Phi) is 4.81. The van der Waals surface area contributed by atoms with E-state index in [4.69, 9.17) is 16.3 Å². The monoisotopic (exact) mass is 433 g/mol. The SMILES string of the molecule is O=C(NC1CCOCC1)c1nc2c(N3CCc4cc(Cl)cc(F)c43)ncnc2s1. The van der Waals surface area contributed by atoms with Gasteiger partial charge in [0, 0.05) is 30.8 Å². The molecule has 0 spiro atoms. The van der Waals surface area contributed by atoms with Gasteiger partial charge >= 0.3 is 0 Å². The lowest BCUT2D eigenvalue weighted by Crippen LogP contribution is -2.38. The highest BCUT2D eigenvalue weighted by Crippen LogP contribution is 2.40. The Morgan fingerprint density at radius 1 is 1.31 bits per heavy atom. The Morgan fingerprint density at radius 2 is 2.14 bits per heavy atom. The molecule has 2 aliphatic heterocycles. The number of carbonyl (C=O) groups is 1. The number of halogens is 2. The first kappa shape index (κ1) is 18.7. The van der Waals surface area contributed by atoms with Crippen molar-refractivity contribution in [3.05, 3.63) is 39.9 Å². The summed E-state index contributed by atoms with van der Waals surface area (Å²) < 4.78 is 19.9. The van der Waals surface area contributed by atoms with E-state index in [2.05, 4.69) is 20.3 Å². The molecule has 4 heterocycles. The maximum Gasteiger partial charge on any atom is 0.280 e. The van der Waals surface area contributed by atoms with Crippen molar-refractivity contribution in [3.63, 3.8) is 0 Å². The number of hydrogen-bond donors (Lipinski definition) is 1. The number of aromatic nitrogens is 3. The molecular weight excluding hydrogens is 417 g/mol. The van der Waals surface area contributed by atoms with Crippen LogP contribution in [0.3, 0.4) is 0 Å². The highest BCUT2D eigenvalue weighted by atomic mass is 35.5. The second-order valence-electron chi connectivity index (χ2n) is 7.03. The van der Waals surface area contributed by atoms with Crippen LogP contribution in [0.5, 0.6) is 0 Å². The second kappa shape index (κ2) is 7.47. The van der Waals surface area contributed by atoms with E-state index in [9.17, 15) is 9.18 Å². The fourth-order valence-corrected chi connectivity index (χ4v) is 4.83. The van der Waals surface area contributed by atoms with Gasteiger partial charge in [-0.1, -0.05) is 22.9 Å². The van der Waals surface area contributed by atoms with Crippen LogP contribution < -0.4 is 10.2 Å². The van der Waals surface area contributed by atoms with Crippen LogP contribution in [-0.4, -0.2) is 46.7 Å². The van der Waals surface area contributed by atoms with Gasteiger partial charge in [-0.15, -0.1) is 0 Å². The van der Waals surface area contributed by atoms with E-state index in [-0.39, 0.29) is 11.9 Å². The minimum Gasteiger partial charge on any atom is -0.381 e. The molecule has 2 aliphatic rings. The van der Waals surface area contributed by atoms with Gasteiger partial charge in [-0.05, 0) is 37.0 Å². The Hall–Kier alpha value is -2.36. The van der Waals surface area contributed by atoms with Crippen LogP contribution in [0.2, 0.25) is 5.02 Å². The van der Waals surface area contributed by atoms with E-state index in [0.29, 0.717) is 58.1 Å². The lowest BCUT2D eigenvalue weighted by molar-refractivity contribution is 0.0696. The van der Waals surface area contributed by atoms with E-state index in [1.807, 2.05) is 0 Å². The molecule has 0 unspecified atom stereocenters. The first-order chi connectivity index (χ1) is 14.1. The third kappa shape index (κ3) is 3.43. The number of anilines is 2. The predicted octanol–water partition coefficient (Wildman–Crippen LogP) is 3.48. The molecular formula is C19H17ClFN5O2S. The van der Waals surface area contributed by atoms with E-state index >= 15 is 0 Å². The molecule has 0 atom stereocenters. The van der Waals surface area contributed by atoms with Crippen LogP contribution >= 0.6 is 22.9 Å². The number of thiazole rings is 1. The normalized spacial score (nSPS) is 17.0. The van der Waals surface area contributed by atoms with Crippen LogP contribution in [-0.2, 0) is 11.2 Å². The molecule has 10 heteroatoms. The van der Waals surface area contributed by atoms with Gasteiger partial charge < -0.3 is 15.0 Å². The number of ether oxygens (including phenoxy) is 1. The Morgan fingerprint density at radius 3 is 2.97 bits per heavy atom. The molecule has 3 aromatic rings. The largest absolute Gasteiger partial charge is 0.381 e. The standard InChI is InChI=1S/C19H17ClFN5O2S/c20-11-7-10-1-4-26(15(10)13(21)8-11)16-14-18(23-9-22-16)29-19(25-14)17(27)24-12-2-5-28-6-3-12/h7-9,12H,1-6H2,(H,24,27). The van der Waals surface area contributed by atoms with Crippen molar-refractivity contribution >= 4 is 50.7 Å². The van der Waals surface area contributed by atoms with Gasteiger partial charge in [0.05, 0.1) is 5.69 Å². The first-order valence-corrected chi connectivity index (χ1v) is 10.5. The highest BCUT2D eigenvalue weighted by Gasteiger charge is 2.29. The van der Waals surface area contributed by atoms with Gasteiger partial charge in [0.2, 0.25) is 0 Å². The fraction of sp³-hybridized carbons (Fsp3) is 0.368. The van der Waals surface area contributed by atoms with Crippen molar-refractivity contribution in [2.75, 3.05) is 24.7 Å². The summed E-state index contributed by atoms with van der Waals surface area (Å²) in [7, 11) is 0. The molecule has 0 saturated carbocycles. The summed E-state index contributed by atoms with van der Waals surface area (Å²) in [5.74, 6) is -0.133. The number of carbonyl (C=O) groups excluding carboxylic acids is 1. The van der Waals surface area contributed by atoms with Crippen molar-refractivity contribution in [3.8, 4) is 0 Å². The third-order valence-corrected chi connectivity index (χ3v) is 6.34. The zero-order chi connectivity index (χ0) is 20.0. The summed E-state index contributed by atoms with van der Waals surface area (Å²) in [4.78, 5) is 28.2. The number of rotatable bonds is 3. The molecule has 29 heavy (non-hydrogen) atoms. The van der Waals surface area contributed by atoms with E-state index in [1.54, 1.807) is 11.0 Å². The smallest absolute Gasteiger partial charge is 0.280 e. The average Bonchev–Trinajstić information content (AvgIpc) is 3.33. The van der Waals surface area contributed by atoms with Gasteiger partial charge in [-0.25, -0.2) is 19.3 Å². The molecule has 0 bridgehead atoms. The highest BCUT2D eigenvalue weighted by molar-refractivity contribution is 7.20. The average molecular weight is 434 g/mol. The summed E-state index contributed by atoms with van der Waals surface area (Å²) in [6, 6.07) is 3.15. The minimum absolute atomic E-state index is 0.0816. The van der Waals surface area contributed by atoms with E-state index in [1.165, 1.54) is 23.7 Å². The molecule has 150 valence electrons. The maximum atomic E-state index is 14.6. The molecule has 0 aliphatic carbocycles. The predicted molar refractivity (Wildman–Crippen MR) is 109 cm³/mol. The van der Waals surface area contributed by atoms with Crippen LogP contribution in [0, 0.1) is 5.82 Å². The topological polar surface area (TPSA) is 80.2 Å². The van der Waals surface area contributed by atoms with Crippen LogP contribution in [0.4, 0.5) is 15.9 Å². The van der Waals surface area contributed by atoms with Crippen LogP contribution in [0.25, 0.3) is 10.3 Å². The van der Waals surface area contributed by atoms with Crippen molar-refractivity contribution in [2.45, 2.75) is 25.3 Å². The third-order valence-electron chi connectivity index (χ3n) is 5.16. The zero-order valence-corrected chi connectivity index (χ0v) is 16.9. The van der Waals surface area contributed by atoms with Gasteiger partial charge in [-0.3, -0.25) is 4.79 Å². The zero-order valence-electron chi connectivity index (χ0n) is 15.3. The number of fused-ring (bicyclic) bond motifs is 2. The molecule has 7 nitrogen and oxygen atoms in total. The van der Waals surface area contributed by atoms with Gasteiger partial charge in [0.25, 0.3) is 5.91 Å². The molecule has 1 fully saturated rings. The summed E-state index contributed by atoms with van der Waals surface area (Å²) in [6.07, 6.45) is 3.64. The van der Waals surface area contributed by atoms with Gasteiger partial charge in [-0.2, -0.15) is 0 Å². The Balaban J connectivity index is 1.49. The van der Waals surface area contributed by atoms with Crippen molar-refractivity contribution in [2.24, 2.45) is 0 Å². The summed E-state index contributed by atoms with van der Waals surface area (Å²) in [5.41, 5.74) is 1.78. The number of amides is 1. The number of hydrogen-bond acceptors (Lipinski definition) is 7. The number of nitrogens with zero attached hydrogens (tertiary/aromatic N) is 4. The maximum absolute atomic E-state index is 14.6. The molecule has 1 saturated heterocycles. The molecule has 2 aromatic heterocycles. The summed E-state index contributed by atoms with van der Waals surface area (Å²) in [6.45, 7) is 1.84. The molecule has 1 amide bonds. The number of nitrogens with one attached hydrogen (secondary N) is 1. The van der Waals surface area contributed by atoms with E-state index in [0.717, 1.165) is 18.4 Å². The van der Waals surface area contributed by atoms with Crippen LogP contribution in [0.15, 0.2) is 18.5 Å². The van der Waals surface area contributed by atoms with Crippen molar-refractivity contribution in [1.82, 2.24) is 20.3 Å². The van der Waals surface area contributed by atoms with E-state index < -0.39 is 5.82 Å². The lowest BCUT2D eigenvalue weighted by Gasteiger charge is -2.22.